The molecule has 354 valence electrons. The van der Waals surface area contributed by atoms with Crippen LogP contribution >= 0.6 is 11.6 Å². The van der Waals surface area contributed by atoms with Crippen molar-refractivity contribution in [3.05, 3.63) is 34.9 Å². The van der Waals surface area contributed by atoms with E-state index >= 15 is 0 Å². The maximum atomic E-state index is 14.5. The molecule has 0 radical (unpaired) electrons. The highest BCUT2D eigenvalue weighted by atomic mass is 35.5. The molecule has 4 rings (SSSR count). The summed E-state index contributed by atoms with van der Waals surface area (Å²) >= 11 is 6.08. The van der Waals surface area contributed by atoms with E-state index in [0.717, 1.165) is 0 Å². The van der Waals surface area contributed by atoms with E-state index in [1.807, 2.05) is 46.7 Å². The van der Waals surface area contributed by atoms with Gasteiger partial charge in [0.1, 0.15) is 23.9 Å². The molecule has 3 fully saturated rings. The van der Waals surface area contributed by atoms with Crippen LogP contribution in [0.1, 0.15) is 105 Å². The van der Waals surface area contributed by atoms with E-state index in [-0.39, 0.29) is 31.4 Å². The summed E-state index contributed by atoms with van der Waals surface area (Å²) in [4.78, 5) is 29.8. The predicted molar refractivity (Wildman–Crippen MR) is 232 cm³/mol. The zero-order chi connectivity index (χ0) is 46.6. The normalized spacial score (nSPS) is 43.5. The van der Waals surface area contributed by atoms with Crippen LogP contribution in [0.5, 0.6) is 0 Å². The number of rotatable bonds is 10. The second-order valence-electron chi connectivity index (χ2n) is 18.7. The molecule has 0 aromatic heterocycles. The summed E-state index contributed by atoms with van der Waals surface area (Å²) in [6.45, 7) is 17.4. The summed E-state index contributed by atoms with van der Waals surface area (Å²) in [6, 6.07) is 5.97. The lowest BCUT2D eigenvalue weighted by Gasteiger charge is -2.50. The van der Waals surface area contributed by atoms with Gasteiger partial charge in [-0.1, -0.05) is 39.3 Å². The first-order chi connectivity index (χ1) is 28.8. The zero-order valence-electron chi connectivity index (χ0n) is 39.0. The minimum atomic E-state index is -2.00. The van der Waals surface area contributed by atoms with E-state index in [0.29, 0.717) is 22.7 Å². The SMILES string of the molecule is CCC1OC(=O)C(C)C(OC2CC(C)(OC)C(O)C(C)O2)C(C)C(OC2OC(C)CC(N(C)C)C2O)C(C)(OC)CC(C)C(=NNC(=O)c2ccc(Cl)cc2)C(C)C(O)C1(C)O. The number of carbonyl (C=O) groups excluding carboxylic acids is 2. The molecule has 0 bridgehead atoms. The average molecular weight is 901 g/mol. The Morgan fingerprint density at radius 1 is 0.919 bits per heavy atom. The summed E-state index contributed by atoms with van der Waals surface area (Å²) in [5.41, 5.74) is -1.11. The molecule has 0 aliphatic carbocycles. The van der Waals surface area contributed by atoms with Crippen molar-refractivity contribution in [2.45, 2.75) is 179 Å². The molecule has 0 saturated carbocycles. The van der Waals surface area contributed by atoms with Crippen molar-refractivity contribution in [2.24, 2.45) is 28.8 Å². The fourth-order valence-electron chi connectivity index (χ4n) is 9.59. The smallest absolute Gasteiger partial charge is 0.311 e. The van der Waals surface area contributed by atoms with Crippen LogP contribution in [0.4, 0.5) is 0 Å². The average Bonchev–Trinajstić information content (AvgIpc) is 3.22. The van der Waals surface area contributed by atoms with E-state index < -0.39 is 108 Å². The van der Waals surface area contributed by atoms with Gasteiger partial charge in [-0.2, -0.15) is 5.10 Å². The molecular weight excluding hydrogens is 826 g/mol. The summed E-state index contributed by atoms with van der Waals surface area (Å²) in [5, 5.41) is 52.1. The van der Waals surface area contributed by atoms with Crippen LogP contribution in [0.2, 0.25) is 5.02 Å². The van der Waals surface area contributed by atoms with Gasteiger partial charge in [0.2, 0.25) is 0 Å². The molecule has 5 N–H and O–H groups in total. The lowest BCUT2D eigenvalue weighted by atomic mass is 9.73. The monoisotopic (exact) mass is 899 g/mol. The van der Waals surface area contributed by atoms with Crippen LogP contribution in [0.15, 0.2) is 29.4 Å². The number of benzene rings is 1. The molecule has 3 heterocycles. The van der Waals surface area contributed by atoms with E-state index in [4.69, 9.17) is 44.8 Å². The lowest BCUT2D eigenvalue weighted by molar-refractivity contribution is -0.319. The third kappa shape index (κ3) is 11.5. The number of carbonyl (C=O) groups is 2. The van der Waals surface area contributed by atoms with E-state index in [1.54, 1.807) is 58.9 Å². The van der Waals surface area contributed by atoms with Crippen molar-refractivity contribution in [1.29, 1.82) is 0 Å². The van der Waals surface area contributed by atoms with Gasteiger partial charge in [-0.25, -0.2) is 5.43 Å². The molecule has 0 spiro atoms. The first-order valence-electron chi connectivity index (χ1n) is 21.8. The third-order valence-electron chi connectivity index (χ3n) is 13.7. The van der Waals surface area contributed by atoms with Crippen molar-refractivity contribution in [3.8, 4) is 0 Å². The van der Waals surface area contributed by atoms with Crippen LogP contribution in [0.25, 0.3) is 0 Å². The van der Waals surface area contributed by atoms with Crippen molar-refractivity contribution >= 4 is 29.2 Å². The number of amides is 1. The minimum Gasteiger partial charge on any atom is -0.459 e. The highest BCUT2D eigenvalue weighted by Crippen LogP contribution is 2.42. The van der Waals surface area contributed by atoms with E-state index in [9.17, 15) is 30.0 Å². The number of methoxy groups -OCH3 is 2. The van der Waals surface area contributed by atoms with E-state index in [1.165, 1.54) is 21.1 Å². The Bertz CT molecular complexity index is 1670. The van der Waals surface area contributed by atoms with Gasteiger partial charge in [0, 0.05) is 54.8 Å². The van der Waals surface area contributed by atoms with Gasteiger partial charge in [-0.05, 0) is 105 Å². The molecule has 1 aromatic rings. The highest BCUT2D eigenvalue weighted by Gasteiger charge is 2.54. The van der Waals surface area contributed by atoms with Gasteiger partial charge in [-0.15, -0.1) is 0 Å². The Hall–Kier alpha value is -2.32. The Balaban J connectivity index is 1.92. The fourth-order valence-corrected chi connectivity index (χ4v) is 9.71. The highest BCUT2D eigenvalue weighted by molar-refractivity contribution is 6.30. The number of aliphatic hydroxyl groups is 4. The van der Waals surface area contributed by atoms with Gasteiger partial charge in [-0.3, -0.25) is 9.59 Å². The number of ether oxygens (including phenoxy) is 7. The lowest BCUT2D eigenvalue weighted by Crippen LogP contribution is -2.61. The molecule has 3 saturated heterocycles. The molecule has 1 amide bonds. The molecule has 17 heteroatoms. The summed E-state index contributed by atoms with van der Waals surface area (Å²) in [7, 11) is 6.79. The maximum absolute atomic E-state index is 14.5. The minimum absolute atomic E-state index is 0.106. The molecule has 1 aromatic carbocycles. The number of esters is 1. The Morgan fingerprint density at radius 2 is 1.53 bits per heavy atom. The van der Waals surface area contributed by atoms with Crippen LogP contribution in [0.3, 0.4) is 0 Å². The maximum Gasteiger partial charge on any atom is 0.311 e. The van der Waals surface area contributed by atoms with E-state index in [2.05, 4.69) is 10.5 Å². The Kier molecular flexibility index (Phi) is 18.0. The van der Waals surface area contributed by atoms with Crippen molar-refractivity contribution < 1.29 is 63.2 Å². The molecule has 18 atom stereocenters. The fraction of sp³-hybridized carbons (Fsp3) is 0.800. The zero-order valence-corrected chi connectivity index (χ0v) is 39.8. The molecule has 18 unspecified atom stereocenters. The second kappa shape index (κ2) is 21.3. The molecular formula is C45H74ClN3O13. The van der Waals surface area contributed by atoms with Crippen LogP contribution < -0.4 is 5.43 Å². The molecule has 62 heavy (non-hydrogen) atoms. The van der Waals surface area contributed by atoms with Crippen molar-refractivity contribution in [3.63, 3.8) is 0 Å². The Labute approximate surface area is 372 Å². The van der Waals surface area contributed by atoms with Gasteiger partial charge in [0.15, 0.2) is 12.6 Å². The van der Waals surface area contributed by atoms with Crippen LogP contribution in [-0.2, 0) is 38.0 Å². The van der Waals surface area contributed by atoms with Crippen molar-refractivity contribution in [1.82, 2.24) is 10.3 Å². The number of halogens is 1. The van der Waals surface area contributed by atoms with Gasteiger partial charge >= 0.3 is 5.97 Å². The predicted octanol–water partition coefficient (Wildman–Crippen LogP) is 4.31. The van der Waals surface area contributed by atoms with Gasteiger partial charge in [0.05, 0.1) is 47.6 Å². The molecule has 3 aliphatic rings. The first-order valence-corrected chi connectivity index (χ1v) is 22.2. The summed E-state index contributed by atoms with van der Waals surface area (Å²) in [5.74, 6) is -4.54. The molecule has 3 aliphatic heterocycles. The second-order valence-corrected chi connectivity index (χ2v) is 19.2. The number of nitrogens with zero attached hydrogens (tertiary/aromatic N) is 2. The number of likely N-dealkylation sites (N-methyl/N-ethyl adjacent to an activating group) is 1. The number of nitrogens with one attached hydrogen (secondary N) is 1. The number of hydrazone groups is 1. The van der Waals surface area contributed by atoms with Crippen LogP contribution in [0, 0.1) is 23.7 Å². The number of aliphatic hydroxyl groups excluding tert-OH is 3. The van der Waals surface area contributed by atoms with Gasteiger partial charge < -0.3 is 58.5 Å². The summed E-state index contributed by atoms with van der Waals surface area (Å²) < 4.78 is 44.7. The number of cyclic esters (lactones) is 1. The standard InChI is InChI=1S/C45H74ClN3O13/c1-15-32-45(10,55)37(51)25(4)34(47-48-40(53)29-16-18-30(46)19-17-29)23(2)21-44(9,57-14)39(62-42-35(50)31(49(11)12)20-24(3)58-42)26(5)36(27(6)41(54)60-32)61-33-22-43(8,56-13)38(52)28(7)59-33/h16-19,23-28,31-33,35-39,42,50-52,55H,15,20-22H2,1-14H3,(H,48,53). The topological polar surface area (TPSA) is 207 Å². The molecule has 16 nitrogen and oxygen atoms in total. The summed E-state index contributed by atoms with van der Waals surface area (Å²) in [6.07, 6.45) is -9.04. The van der Waals surface area contributed by atoms with Crippen molar-refractivity contribution in [2.75, 3.05) is 28.3 Å². The first kappa shape index (κ1) is 52.3. The number of hydrogen-bond acceptors (Lipinski definition) is 15. The number of hydrogen-bond donors (Lipinski definition) is 5. The Morgan fingerprint density at radius 3 is 2.10 bits per heavy atom. The third-order valence-corrected chi connectivity index (χ3v) is 14.0. The largest absolute Gasteiger partial charge is 0.459 e. The van der Waals surface area contributed by atoms with Crippen LogP contribution in [-0.4, -0.2) is 155 Å². The van der Waals surface area contributed by atoms with Gasteiger partial charge in [0.25, 0.3) is 5.91 Å². The quantitative estimate of drug-likeness (QED) is 0.164.